The smallest absolute Gasteiger partial charge is 0.266 e. The summed E-state index contributed by atoms with van der Waals surface area (Å²) in [6, 6.07) is 6.10. The van der Waals surface area contributed by atoms with Crippen LogP contribution >= 0.6 is 24.0 Å². The molecule has 2 heterocycles. The highest BCUT2D eigenvalue weighted by Gasteiger charge is 2.32. The molecule has 2 aromatic rings. The van der Waals surface area contributed by atoms with E-state index in [9.17, 15) is 9.59 Å². The first kappa shape index (κ1) is 21.1. The molecule has 158 valence electrons. The fraction of sp³-hybridized carbons (Fsp3) is 0.435. The van der Waals surface area contributed by atoms with Gasteiger partial charge in [0.15, 0.2) is 0 Å². The Kier molecular flexibility index (Phi) is 6.29. The third kappa shape index (κ3) is 4.18. The molecule has 0 atom stereocenters. The molecule has 0 bridgehead atoms. The van der Waals surface area contributed by atoms with E-state index < -0.39 is 0 Å². The Morgan fingerprint density at radius 2 is 2.10 bits per heavy atom. The van der Waals surface area contributed by atoms with Gasteiger partial charge in [0, 0.05) is 23.7 Å². The molecule has 1 saturated carbocycles. The van der Waals surface area contributed by atoms with E-state index in [1.807, 2.05) is 29.0 Å². The van der Waals surface area contributed by atoms with Crippen LogP contribution < -0.4 is 5.73 Å². The Morgan fingerprint density at radius 1 is 1.33 bits per heavy atom. The number of nitrogens with two attached hydrogens (primary N) is 1. The van der Waals surface area contributed by atoms with Gasteiger partial charge in [0.05, 0.1) is 10.4 Å². The third-order valence-corrected chi connectivity index (χ3v) is 7.49. The Labute approximate surface area is 186 Å². The van der Waals surface area contributed by atoms with Crippen LogP contribution in [0.5, 0.6) is 0 Å². The predicted octanol–water partition coefficient (Wildman–Crippen LogP) is 4.47. The fourth-order valence-electron chi connectivity index (χ4n) is 4.60. The van der Waals surface area contributed by atoms with Crippen LogP contribution in [0.4, 0.5) is 0 Å². The molecule has 5 nitrogen and oxygen atoms in total. The lowest BCUT2D eigenvalue weighted by atomic mass is 10.0. The lowest BCUT2D eigenvalue weighted by molar-refractivity contribution is -0.122. The van der Waals surface area contributed by atoms with Crippen molar-refractivity contribution in [3.8, 4) is 0 Å². The Bertz CT molecular complexity index is 1030. The number of rotatable bonds is 7. The maximum absolute atomic E-state index is 13.0. The maximum atomic E-state index is 13.0. The van der Waals surface area contributed by atoms with Crippen LogP contribution in [0.1, 0.15) is 50.2 Å². The zero-order valence-electron chi connectivity index (χ0n) is 17.2. The lowest BCUT2D eigenvalue weighted by Crippen LogP contribution is -2.30. The van der Waals surface area contributed by atoms with E-state index in [0.717, 1.165) is 40.8 Å². The van der Waals surface area contributed by atoms with Gasteiger partial charge in [-0.25, -0.2) is 0 Å². The molecule has 7 heteroatoms. The van der Waals surface area contributed by atoms with Crippen molar-refractivity contribution in [1.29, 1.82) is 0 Å². The number of nitrogens with zero attached hydrogens (tertiary/aromatic N) is 2. The van der Waals surface area contributed by atoms with E-state index >= 15 is 0 Å². The van der Waals surface area contributed by atoms with Crippen LogP contribution in [-0.2, 0) is 22.6 Å². The minimum Gasteiger partial charge on any atom is -0.368 e. The van der Waals surface area contributed by atoms with Crippen LogP contribution in [0.2, 0.25) is 0 Å². The molecule has 2 N–H and O–H groups in total. The van der Waals surface area contributed by atoms with E-state index in [1.165, 1.54) is 37.4 Å². The molecule has 2 aliphatic rings. The second kappa shape index (κ2) is 8.94. The molecule has 2 amide bonds. The van der Waals surface area contributed by atoms with E-state index in [4.69, 9.17) is 18.0 Å². The molecule has 1 aliphatic heterocycles. The van der Waals surface area contributed by atoms with Crippen LogP contribution in [0.3, 0.4) is 0 Å². The highest BCUT2D eigenvalue weighted by atomic mass is 32.2. The highest BCUT2D eigenvalue weighted by Crippen LogP contribution is 2.36. The number of amides is 2. The molecule has 1 saturated heterocycles. The van der Waals surface area contributed by atoms with Gasteiger partial charge in [-0.3, -0.25) is 14.5 Å². The number of aromatic nitrogens is 1. The third-order valence-electron chi connectivity index (χ3n) is 6.12. The molecule has 30 heavy (non-hydrogen) atoms. The molecule has 1 aromatic heterocycles. The monoisotopic (exact) mass is 441 g/mol. The van der Waals surface area contributed by atoms with Crippen molar-refractivity contribution in [2.24, 2.45) is 11.7 Å². The lowest BCUT2D eigenvalue weighted by Gasteiger charge is -2.17. The number of carbonyl (C=O) groups excluding carboxylic acids is 2. The summed E-state index contributed by atoms with van der Waals surface area (Å²) in [5, 5.41) is 1.02. The number of benzene rings is 1. The van der Waals surface area contributed by atoms with Gasteiger partial charge >= 0.3 is 0 Å². The standard InChI is InChI=1S/C23H27N3O2S2/c1-2-16-8-5-9-18-17(13-25(21(16)18)14-20(24)27)12-19-22(28)26(23(29)30-19)11-10-15-6-3-4-7-15/h5,8-9,12-13,15H,2-4,6-7,10-11,14H2,1H3,(H2,24,27)/b19-12-. The quantitative estimate of drug-likeness (QED) is 0.508. The van der Waals surface area contributed by atoms with Gasteiger partial charge in [-0.1, -0.05) is 74.8 Å². The van der Waals surface area contributed by atoms with Gasteiger partial charge in [-0.2, -0.15) is 0 Å². The van der Waals surface area contributed by atoms with Gasteiger partial charge in [-0.15, -0.1) is 0 Å². The van der Waals surface area contributed by atoms with Crippen LogP contribution in [0.15, 0.2) is 29.3 Å². The van der Waals surface area contributed by atoms with Crippen molar-refractivity contribution in [3.63, 3.8) is 0 Å². The van der Waals surface area contributed by atoms with Crippen LogP contribution in [-0.4, -0.2) is 32.1 Å². The second-order valence-electron chi connectivity index (χ2n) is 8.12. The van der Waals surface area contributed by atoms with Crippen molar-refractivity contribution in [2.75, 3.05) is 6.54 Å². The van der Waals surface area contributed by atoms with Gasteiger partial charge in [0.2, 0.25) is 5.91 Å². The largest absolute Gasteiger partial charge is 0.368 e. The summed E-state index contributed by atoms with van der Waals surface area (Å²) >= 11 is 6.88. The number of thiocarbonyl (C=S) groups is 1. The maximum Gasteiger partial charge on any atom is 0.266 e. The molecule has 0 radical (unpaired) electrons. The van der Waals surface area contributed by atoms with E-state index in [0.29, 0.717) is 15.8 Å². The normalized spacial score (nSPS) is 19.0. The van der Waals surface area contributed by atoms with E-state index in [-0.39, 0.29) is 18.4 Å². The summed E-state index contributed by atoms with van der Waals surface area (Å²) in [6.07, 6.45) is 10.8. The average Bonchev–Trinajstić information content (AvgIpc) is 3.41. The number of hydrogen-bond donors (Lipinski definition) is 1. The average molecular weight is 442 g/mol. The van der Waals surface area contributed by atoms with Crippen LogP contribution in [0, 0.1) is 5.92 Å². The van der Waals surface area contributed by atoms with Crippen molar-refractivity contribution < 1.29 is 9.59 Å². The first-order valence-corrected chi connectivity index (χ1v) is 11.8. The minimum atomic E-state index is -0.386. The number of fused-ring (bicyclic) bond motifs is 1. The highest BCUT2D eigenvalue weighted by molar-refractivity contribution is 8.26. The van der Waals surface area contributed by atoms with E-state index in [1.54, 1.807) is 4.90 Å². The molecule has 0 spiro atoms. The summed E-state index contributed by atoms with van der Waals surface area (Å²) in [7, 11) is 0. The second-order valence-corrected chi connectivity index (χ2v) is 9.79. The molecular formula is C23H27N3O2S2. The minimum absolute atomic E-state index is 0.00885. The molecule has 1 aromatic carbocycles. The number of aryl methyl sites for hydroxylation is 1. The summed E-state index contributed by atoms with van der Waals surface area (Å²) in [6.45, 7) is 2.91. The van der Waals surface area contributed by atoms with Gasteiger partial charge in [-0.05, 0) is 30.4 Å². The SMILES string of the molecule is CCc1cccc2c(/C=C3\SC(=S)N(CCC4CCCC4)C3=O)cn(CC(N)=O)c12. The Morgan fingerprint density at radius 3 is 2.80 bits per heavy atom. The molecule has 2 fully saturated rings. The number of para-hydroxylation sites is 1. The van der Waals surface area contributed by atoms with Gasteiger partial charge < -0.3 is 10.3 Å². The summed E-state index contributed by atoms with van der Waals surface area (Å²) in [4.78, 5) is 27.0. The van der Waals surface area contributed by atoms with Gasteiger partial charge in [0.1, 0.15) is 10.9 Å². The van der Waals surface area contributed by atoms with E-state index in [2.05, 4.69) is 13.0 Å². The van der Waals surface area contributed by atoms with Crippen molar-refractivity contribution in [2.45, 2.75) is 52.0 Å². The van der Waals surface area contributed by atoms with Crippen molar-refractivity contribution in [1.82, 2.24) is 9.47 Å². The topological polar surface area (TPSA) is 68.3 Å². The van der Waals surface area contributed by atoms with Crippen LogP contribution in [0.25, 0.3) is 17.0 Å². The number of thioether (sulfide) groups is 1. The Balaban J connectivity index is 1.63. The van der Waals surface area contributed by atoms with Crippen molar-refractivity contribution in [3.05, 3.63) is 40.4 Å². The molecule has 4 rings (SSSR count). The first-order chi connectivity index (χ1) is 14.5. The fourth-order valence-corrected chi connectivity index (χ4v) is 5.90. The molecular weight excluding hydrogens is 414 g/mol. The summed E-state index contributed by atoms with van der Waals surface area (Å²) in [5.41, 5.74) is 8.53. The number of hydrogen-bond acceptors (Lipinski definition) is 4. The predicted molar refractivity (Wildman–Crippen MR) is 127 cm³/mol. The number of primary amides is 1. The van der Waals surface area contributed by atoms with Gasteiger partial charge in [0.25, 0.3) is 5.91 Å². The Hall–Kier alpha value is -2.12. The summed E-state index contributed by atoms with van der Waals surface area (Å²) in [5.74, 6) is 0.325. The van der Waals surface area contributed by atoms with Crippen molar-refractivity contribution >= 4 is 57.1 Å². The molecule has 0 unspecified atom stereocenters. The number of carbonyl (C=O) groups is 2. The molecule has 1 aliphatic carbocycles. The summed E-state index contributed by atoms with van der Waals surface area (Å²) < 4.78 is 2.53. The zero-order chi connectivity index (χ0) is 21.3. The first-order valence-electron chi connectivity index (χ1n) is 10.6. The zero-order valence-corrected chi connectivity index (χ0v) is 18.9.